The summed E-state index contributed by atoms with van der Waals surface area (Å²) in [6.45, 7) is 0.729. The monoisotopic (exact) mass is 339 g/mol. The largest absolute Gasteiger partial charge is 0.481 e. The number of carbonyl (C=O) groups is 2. The van der Waals surface area contributed by atoms with Crippen molar-refractivity contribution in [2.45, 2.75) is 38.1 Å². The Morgan fingerprint density at radius 3 is 2.91 bits per heavy atom. The van der Waals surface area contributed by atoms with E-state index in [0.29, 0.717) is 35.1 Å². The number of halogens is 1. The van der Waals surface area contributed by atoms with Crippen LogP contribution in [0.3, 0.4) is 0 Å². The first kappa shape index (κ1) is 15.9. The lowest BCUT2D eigenvalue weighted by molar-refractivity contribution is -0.137. The van der Waals surface area contributed by atoms with Gasteiger partial charge in [-0.2, -0.15) is 0 Å². The van der Waals surface area contributed by atoms with Crippen LogP contribution in [0.5, 0.6) is 11.5 Å². The van der Waals surface area contributed by atoms with Gasteiger partial charge in [0.1, 0.15) is 0 Å². The standard InChI is InChI=1S/C16H18ClNO5/c17-12-7-10(8-13-15(12)23-9-22-13)16(21)18-6-2-1-3-11(18)4-5-14(19)20/h7-8,11H,1-6,9H2,(H,19,20). The van der Waals surface area contributed by atoms with Crippen LogP contribution in [0, 0.1) is 0 Å². The average molecular weight is 340 g/mol. The third-order valence-corrected chi connectivity index (χ3v) is 4.53. The molecule has 1 aromatic rings. The average Bonchev–Trinajstić information content (AvgIpc) is 3.01. The number of carboxylic acids is 1. The molecule has 7 heteroatoms. The first-order chi connectivity index (χ1) is 11.1. The number of carbonyl (C=O) groups excluding carboxylic acids is 1. The molecule has 2 heterocycles. The van der Waals surface area contributed by atoms with E-state index in [1.807, 2.05) is 0 Å². The van der Waals surface area contributed by atoms with Crippen molar-refractivity contribution in [1.29, 1.82) is 0 Å². The second-order valence-corrected chi connectivity index (χ2v) is 6.18. The Balaban J connectivity index is 1.80. The Hall–Kier alpha value is -1.95. The van der Waals surface area contributed by atoms with Crippen LogP contribution in [0.15, 0.2) is 12.1 Å². The third-order valence-electron chi connectivity index (χ3n) is 4.25. The van der Waals surface area contributed by atoms with Crippen molar-refractivity contribution in [2.24, 2.45) is 0 Å². The van der Waals surface area contributed by atoms with Crippen LogP contribution in [0.2, 0.25) is 5.02 Å². The summed E-state index contributed by atoms with van der Waals surface area (Å²) in [6, 6.07) is 3.18. The summed E-state index contributed by atoms with van der Waals surface area (Å²) in [5.41, 5.74) is 0.446. The normalized spacial score (nSPS) is 19.7. The molecule has 1 aromatic carbocycles. The SMILES string of the molecule is O=C(O)CCC1CCCCN1C(=O)c1cc(Cl)c2c(c1)OCO2. The highest BCUT2D eigenvalue weighted by atomic mass is 35.5. The molecule has 23 heavy (non-hydrogen) atoms. The van der Waals surface area contributed by atoms with Gasteiger partial charge in [0.15, 0.2) is 11.5 Å². The lowest BCUT2D eigenvalue weighted by Gasteiger charge is -2.35. The number of piperidine rings is 1. The van der Waals surface area contributed by atoms with Gasteiger partial charge in [-0.25, -0.2) is 0 Å². The van der Waals surface area contributed by atoms with Crippen LogP contribution in [0.1, 0.15) is 42.5 Å². The van der Waals surface area contributed by atoms with E-state index < -0.39 is 5.97 Å². The molecule has 2 aliphatic heterocycles. The second kappa shape index (κ2) is 6.66. The molecule has 1 unspecified atom stereocenters. The number of carboxylic acid groups (broad SMARTS) is 1. The van der Waals surface area contributed by atoms with Crippen LogP contribution in [0.4, 0.5) is 0 Å². The fourth-order valence-corrected chi connectivity index (χ4v) is 3.38. The maximum atomic E-state index is 12.8. The van der Waals surface area contributed by atoms with Gasteiger partial charge in [0, 0.05) is 24.6 Å². The zero-order chi connectivity index (χ0) is 16.4. The van der Waals surface area contributed by atoms with Crippen LogP contribution in [0.25, 0.3) is 0 Å². The number of ether oxygens (including phenoxy) is 2. The van der Waals surface area contributed by atoms with E-state index in [0.717, 1.165) is 19.3 Å². The Morgan fingerprint density at radius 2 is 2.13 bits per heavy atom. The first-order valence-corrected chi connectivity index (χ1v) is 8.06. The van der Waals surface area contributed by atoms with Crippen LogP contribution in [-0.2, 0) is 4.79 Å². The molecular formula is C16H18ClNO5. The predicted molar refractivity (Wildman–Crippen MR) is 83.1 cm³/mol. The van der Waals surface area contributed by atoms with Crippen molar-refractivity contribution in [2.75, 3.05) is 13.3 Å². The summed E-state index contributed by atoms with van der Waals surface area (Å²) in [5, 5.41) is 9.23. The lowest BCUT2D eigenvalue weighted by atomic mass is 9.97. The predicted octanol–water partition coefficient (Wildman–Crippen LogP) is 2.93. The molecule has 1 N–H and O–H groups in total. The zero-order valence-corrected chi connectivity index (χ0v) is 13.3. The molecule has 124 valence electrons. The number of benzene rings is 1. The number of aliphatic carboxylic acids is 1. The van der Waals surface area contributed by atoms with Gasteiger partial charge >= 0.3 is 5.97 Å². The molecule has 1 atom stereocenters. The van der Waals surface area contributed by atoms with E-state index in [2.05, 4.69) is 0 Å². The highest BCUT2D eigenvalue weighted by Gasteiger charge is 2.29. The lowest BCUT2D eigenvalue weighted by Crippen LogP contribution is -2.44. The molecule has 0 radical (unpaired) electrons. The summed E-state index contributed by atoms with van der Waals surface area (Å²) in [6.07, 6.45) is 3.30. The van der Waals surface area contributed by atoms with Crippen molar-refractivity contribution < 1.29 is 24.2 Å². The van der Waals surface area contributed by atoms with Crippen molar-refractivity contribution in [1.82, 2.24) is 4.90 Å². The summed E-state index contributed by atoms with van der Waals surface area (Å²) < 4.78 is 10.6. The van der Waals surface area contributed by atoms with E-state index in [1.165, 1.54) is 0 Å². The molecule has 6 nitrogen and oxygen atoms in total. The molecule has 3 rings (SSSR count). The quantitative estimate of drug-likeness (QED) is 0.912. The van der Waals surface area contributed by atoms with Gasteiger partial charge in [0.2, 0.25) is 6.79 Å². The molecular weight excluding hydrogens is 322 g/mol. The smallest absolute Gasteiger partial charge is 0.303 e. The van der Waals surface area contributed by atoms with Crippen LogP contribution < -0.4 is 9.47 Å². The molecule has 1 saturated heterocycles. The van der Waals surface area contributed by atoms with E-state index in [-0.39, 0.29) is 25.2 Å². The van der Waals surface area contributed by atoms with E-state index in [9.17, 15) is 9.59 Å². The Labute approximate surface area is 138 Å². The molecule has 0 aromatic heterocycles. The van der Waals surface area contributed by atoms with Crippen molar-refractivity contribution >= 4 is 23.5 Å². The highest BCUT2D eigenvalue weighted by Crippen LogP contribution is 2.40. The van der Waals surface area contributed by atoms with Crippen molar-refractivity contribution in [3.8, 4) is 11.5 Å². The number of hydrogen-bond donors (Lipinski definition) is 1. The first-order valence-electron chi connectivity index (χ1n) is 7.68. The molecule has 0 saturated carbocycles. The fraction of sp³-hybridized carbons (Fsp3) is 0.500. The van der Waals surface area contributed by atoms with Crippen LogP contribution >= 0.6 is 11.6 Å². The van der Waals surface area contributed by atoms with Gasteiger partial charge in [0.05, 0.1) is 5.02 Å². The molecule has 0 bridgehead atoms. The molecule has 1 fully saturated rings. The van der Waals surface area contributed by atoms with E-state index in [1.54, 1.807) is 17.0 Å². The minimum Gasteiger partial charge on any atom is -0.481 e. The van der Waals surface area contributed by atoms with Gasteiger partial charge in [-0.3, -0.25) is 9.59 Å². The maximum absolute atomic E-state index is 12.8. The minimum absolute atomic E-state index is 0.0449. The maximum Gasteiger partial charge on any atom is 0.303 e. The number of nitrogens with zero attached hydrogens (tertiary/aromatic N) is 1. The topological polar surface area (TPSA) is 76.1 Å². The summed E-state index contributed by atoms with van der Waals surface area (Å²) in [5.74, 6) is -0.0429. The Morgan fingerprint density at radius 1 is 1.30 bits per heavy atom. The number of likely N-dealkylation sites (tertiary alicyclic amines) is 1. The molecule has 1 amide bonds. The van der Waals surface area contributed by atoms with Gasteiger partial charge < -0.3 is 19.5 Å². The minimum atomic E-state index is -0.839. The summed E-state index contributed by atoms with van der Waals surface area (Å²) in [4.78, 5) is 25.4. The van der Waals surface area contributed by atoms with Gasteiger partial charge in [-0.1, -0.05) is 11.6 Å². The number of hydrogen-bond acceptors (Lipinski definition) is 4. The number of amides is 1. The zero-order valence-electron chi connectivity index (χ0n) is 12.6. The van der Waals surface area contributed by atoms with Crippen molar-refractivity contribution in [3.63, 3.8) is 0 Å². The Kier molecular flexibility index (Phi) is 4.61. The Bertz CT molecular complexity index is 633. The van der Waals surface area contributed by atoms with Gasteiger partial charge in [-0.05, 0) is 37.8 Å². The molecule has 0 spiro atoms. The number of fused-ring (bicyclic) bond motifs is 1. The van der Waals surface area contributed by atoms with Crippen molar-refractivity contribution in [3.05, 3.63) is 22.7 Å². The summed E-state index contributed by atoms with van der Waals surface area (Å²) in [7, 11) is 0. The summed E-state index contributed by atoms with van der Waals surface area (Å²) >= 11 is 6.14. The second-order valence-electron chi connectivity index (χ2n) is 5.77. The highest BCUT2D eigenvalue weighted by molar-refractivity contribution is 6.32. The van der Waals surface area contributed by atoms with Gasteiger partial charge in [0.25, 0.3) is 5.91 Å². The van der Waals surface area contributed by atoms with E-state index in [4.69, 9.17) is 26.2 Å². The van der Waals surface area contributed by atoms with Crippen LogP contribution in [-0.4, -0.2) is 41.3 Å². The third kappa shape index (κ3) is 3.37. The molecule has 2 aliphatic rings. The van der Waals surface area contributed by atoms with E-state index >= 15 is 0 Å². The fourth-order valence-electron chi connectivity index (χ4n) is 3.11. The molecule has 0 aliphatic carbocycles. The van der Waals surface area contributed by atoms with Gasteiger partial charge in [-0.15, -0.1) is 0 Å². The number of rotatable bonds is 4.